The number of fused-ring (bicyclic) bond motifs is 7. The molecule has 0 saturated carbocycles. The van der Waals surface area contributed by atoms with Crippen LogP contribution >= 0.6 is 0 Å². The lowest BCUT2D eigenvalue weighted by Gasteiger charge is -2.26. The molecule has 0 radical (unpaired) electrons. The second kappa shape index (κ2) is 12.7. The smallest absolute Gasteiger partial charge is 0.168 e. The Morgan fingerprint density at radius 3 is 2.13 bits per heavy atom. The Morgan fingerprint density at radius 1 is 0.545 bits per heavy atom. The van der Waals surface area contributed by atoms with Crippen LogP contribution in [0.1, 0.15) is 11.6 Å². The standard InChI is InChI=1S/C50H33N3O2/c1-3-14-35(15-4-1)50-51-46(49-47(52-50)41-20-10-12-22-44(41)55-49)34-25-23-33(24-26-34)39-29-30-42(48-45(39)40-19-9-11-21-43(40)54-48)53(37-17-5-2-6-18-37)38-28-27-32-13-7-8-16-36(32)31-38/h1-31,41,44H. The van der Waals surface area contributed by atoms with Crippen LogP contribution in [0.4, 0.5) is 17.1 Å². The first kappa shape index (κ1) is 31.3. The minimum atomic E-state index is -0.0930. The van der Waals surface area contributed by atoms with Gasteiger partial charge >= 0.3 is 0 Å². The van der Waals surface area contributed by atoms with Gasteiger partial charge in [-0.25, -0.2) is 9.97 Å². The Hall–Kier alpha value is -7.24. The van der Waals surface area contributed by atoms with E-state index in [-0.39, 0.29) is 12.0 Å². The van der Waals surface area contributed by atoms with Crippen LogP contribution in [-0.2, 0) is 0 Å². The average molecular weight is 708 g/mol. The number of para-hydroxylation sites is 2. The lowest BCUT2D eigenvalue weighted by Crippen LogP contribution is -2.16. The lowest BCUT2D eigenvalue weighted by atomic mass is 9.94. The summed E-state index contributed by atoms with van der Waals surface area (Å²) in [7, 11) is 0. The van der Waals surface area contributed by atoms with Crippen LogP contribution in [0.3, 0.4) is 0 Å². The van der Waals surface area contributed by atoms with Crippen molar-refractivity contribution in [1.29, 1.82) is 0 Å². The molecule has 0 amide bonds. The van der Waals surface area contributed by atoms with E-state index in [0.717, 1.165) is 78.4 Å². The minimum absolute atomic E-state index is 0.0507. The molecule has 2 unspecified atom stereocenters. The molecule has 1 aliphatic heterocycles. The third-order valence-corrected chi connectivity index (χ3v) is 10.8. The van der Waals surface area contributed by atoms with Gasteiger partial charge in [-0.3, -0.25) is 0 Å². The molecule has 0 bridgehead atoms. The van der Waals surface area contributed by atoms with Crippen LogP contribution in [-0.4, -0.2) is 16.1 Å². The van der Waals surface area contributed by atoms with Crippen LogP contribution < -0.4 is 9.64 Å². The van der Waals surface area contributed by atoms with E-state index >= 15 is 0 Å². The Bertz CT molecular complexity index is 2970. The van der Waals surface area contributed by atoms with Crippen LogP contribution in [0, 0.1) is 0 Å². The predicted octanol–water partition coefficient (Wildman–Crippen LogP) is 13.0. The highest BCUT2D eigenvalue weighted by Crippen LogP contribution is 2.48. The fourth-order valence-corrected chi connectivity index (χ4v) is 8.16. The third kappa shape index (κ3) is 5.24. The fraction of sp³-hybridized carbons (Fsp3) is 0.0400. The van der Waals surface area contributed by atoms with Gasteiger partial charge in [-0.15, -0.1) is 0 Å². The highest BCUT2D eigenvalue weighted by molar-refractivity contribution is 6.17. The number of furan rings is 1. The van der Waals surface area contributed by atoms with E-state index in [1.807, 2.05) is 30.3 Å². The molecule has 11 rings (SSSR count). The maximum absolute atomic E-state index is 6.82. The fourth-order valence-electron chi connectivity index (χ4n) is 8.16. The number of benzene rings is 7. The second-order valence-electron chi connectivity index (χ2n) is 14.1. The van der Waals surface area contributed by atoms with Crippen molar-refractivity contribution in [3.05, 3.63) is 194 Å². The molecule has 1 aliphatic carbocycles. The number of rotatable bonds is 6. The number of anilines is 3. The van der Waals surface area contributed by atoms with E-state index in [4.69, 9.17) is 19.1 Å². The van der Waals surface area contributed by atoms with Gasteiger partial charge in [-0.1, -0.05) is 146 Å². The monoisotopic (exact) mass is 707 g/mol. The molecule has 0 N–H and O–H groups in total. The topological polar surface area (TPSA) is 51.4 Å². The van der Waals surface area contributed by atoms with E-state index < -0.39 is 0 Å². The quantitative estimate of drug-likeness (QED) is 0.172. The number of hydrogen-bond donors (Lipinski definition) is 0. The average Bonchev–Trinajstić information content (AvgIpc) is 3.84. The van der Waals surface area contributed by atoms with Gasteiger partial charge < -0.3 is 14.1 Å². The molecule has 0 fully saturated rings. The molecule has 55 heavy (non-hydrogen) atoms. The SMILES string of the molecule is C1=CC2Oc3c(-c4ccc(-c5ccc(N(c6ccccc6)c6ccc7ccccc7c6)c6oc7ccccc7c56)cc4)nc(-c4ccccc4)nc3C2C=C1. The Kier molecular flexibility index (Phi) is 7.24. The summed E-state index contributed by atoms with van der Waals surface area (Å²) in [5.41, 5.74) is 10.6. The first-order chi connectivity index (χ1) is 27.3. The third-order valence-electron chi connectivity index (χ3n) is 10.8. The zero-order valence-corrected chi connectivity index (χ0v) is 29.7. The molecule has 5 heteroatoms. The number of allylic oxidation sites excluding steroid dienone is 2. The summed E-state index contributed by atoms with van der Waals surface area (Å²) in [5, 5.41) is 4.53. The van der Waals surface area contributed by atoms with Crippen LogP contribution in [0.25, 0.3) is 66.5 Å². The largest absolute Gasteiger partial charge is 0.481 e. The van der Waals surface area contributed by atoms with E-state index in [1.165, 1.54) is 10.8 Å². The molecule has 2 aliphatic rings. The number of hydrogen-bond acceptors (Lipinski definition) is 5. The number of aromatic nitrogens is 2. The Morgan fingerprint density at radius 2 is 1.27 bits per heavy atom. The van der Waals surface area contributed by atoms with Gasteiger partial charge in [-0.05, 0) is 64.4 Å². The molecule has 2 aromatic heterocycles. The zero-order valence-electron chi connectivity index (χ0n) is 29.7. The molecule has 5 nitrogen and oxygen atoms in total. The molecule has 7 aromatic carbocycles. The van der Waals surface area contributed by atoms with Crippen LogP contribution in [0.15, 0.2) is 193 Å². The zero-order chi connectivity index (χ0) is 36.3. The maximum Gasteiger partial charge on any atom is 0.168 e. The van der Waals surface area contributed by atoms with Crippen molar-refractivity contribution in [3.63, 3.8) is 0 Å². The summed E-state index contributed by atoms with van der Waals surface area (Å²) in [5.74, 6) is 1.50. The molecule has 3 heterocycles. The maximum atomic E-state index is 6.82. The van der Waals surface area contributed by atoms with Gasteiger partial charge in [-0.2, -0.15) is 0 Å². The minimum Gasteiger partial charge on any atom is -0.481 e. The Balaban J connectivity index is 1.06. The molecule has 0 saturated heterocycles. The van der Waals surface area contributed by atoms with Crippen molar-refractivity contribution in [3.8, 4) is 39.5 Å². The van der Waals surface area contributed by atoms with Crippen LogP contribution in [0.5, 0.6) is 5.75 Å². The number of nitrogens with zero attached hydrogens (tertiary/aromatic N) is 3. The van der Waals surface area contributed by atoms with Crippen molar-refractivity contribution in [2.24, 2.45) is 0 Å². The van der Waals surface area contributed by atoms with Gasteiger partial charge in [0.15, 0.2) is 17.2 Å². The summed E-state index contributed by atoms with van der Waals surface area (Å²) in [4.78, 5) is 12.5. The molecule has 9 aromatic rings. The highest BCUT2D eigenvalue weighted by Gasteiger charge is 2.37. The van der Waals surface area contributed by atoms with E-state index in [2.05, 4.69) is 163 Å². The summed E-state index contributed by atoms with van der Waals surface area (Å²) in [6, 6.07) is 57.2. The number of ether oxygens (including phenoxy) is 1. The van der Waals surface area contributed by atoms with E-state index in [0.29, 0.717) is 5.82 Å². The first-order valence-corrected chi connectivity index (χ1v) is 18.6. The van der Waals surface area contributed by atoms with Crippen molar-refractivity contribution < 1.29 is 9.15 Å². The molecular formula is C50H33N3O2. The summed E-state index contributed by atoms with van der Waals surface area (Å²) < 4.78 is 13.4. The second-order valence-corrected chi connectivity index (χ2v) is 14.1. The molecule has 2 atom stereocenters. The van der Waals surface area contributed by atoms with Crippen molar-refractivity contribution >= 4 is 49.8 Å². The normalized spacial score (nSPS) is 15.6. The lowest BCUT2D eigenvalue weighted by molar-refractivity contribution is 0.269. The van der Waals surface area contributed by atoms with E-state index in [1.54, 1.807) is 0 Å². The van der Waals surface area contributed by atoms with Gasteiger partial charge in [0.2, 0.25) is 0 Å². The van der Waals surface area contributed by atoms with Crippen molar-refractivity contribution in [2.75, 3.05) is 4.90 Å². The van der Waals surface area contributed by atoms with Crippen molar-refractivity contribution in [2.45, 2.75) is 12.0 Å². The highest BCUT2D eigenvalue weighted by atomic mass is 16.5. The predicted molar refractivity (Wildman–Crippen MR) is 223 cm³/mol. The molecule has 0 spiro atoms. The van der Waals surface area contributed by atoms with Crippen LogP contribution in [0.2, 0.25) is 0 Å². The molecule has 260 valence electrons. The van der Waals surface area contributed by atoms with Gasteiger partial charge in [0, 0.05) is 33.3 Å². The molecular weight excluding hydrogens is 675 g/mol. The van der Waals surface area contributed by atoms with Gasteiger partial charge in [0.25, 0.3) is 0 Å². The summed E-state index contributed by atoms with van der Waals surface area (Å²) in [6.45, 7) is 0. The summed E-state index contributed by atoms with van der Waals surface area (Å²) >= 11 is 0. The van der Waals surface area contributed by atoms with E-state index in [9.17, 15) is 0 Å². The van der Waals surface area contributed by atoms with Crippen molar-refractivity contribution in [1.82, 2.24) is 9.97 Å². The summed E-state index contributed by atoms with van der Waals surface area (Å²) in [6.07, 6.45) is 8.30. The van der Waals surface area contributed by atoms with Gasteiger partial charge in [0.05, 0.1) is 17.3 Å². The Labute approximate surface area is 318 Å². The first-order valence-electron chi connectivity index (χ1n) is 18.6. The van der Waals surface area contributed by atoms with Gasteiger partial charge in [0.1, 0.15) is 17.4 Å².